The van der Waals surface area contributed by atoms with E-state index in [1.807, 2.05) is 24.3 Å². The van der Waals surface area contributed by atoms with Crippen LogP contribution < -0.4 is 10.5 Å². The summed E-state index contributed by atoms with van der Waals surface area (Å²) < 4.78 is 11.1. The van der Waals surface area contributed by atoms with Crippen LogP contribution in [-0.4, -0.2) is 32.2 Å². The maximum Gasteiger partial charge on any atom is 0.216 e. The standard InChI is InChI=1S/C15H22N2O2/c16-9-3-1-2-4-11-18-14-7-5-13(6-8-14)15-17-10-12-19-15/h5-8H,1-4,9-12,16H2. The summed E-state index contributed by atoms with van der Waals surface area (Å²) in [5.41, 5.74) is 6.47. The first-order chi connectivity index (χ1) is 9.40. The summed E-state index contributed by atoms with van der Waals surface area (Å²) in [6, 6.07) is 7.93. The topological polar surface area (TPSA) is 56.8 Å². The van der Waals surface area contributed by atoms with E-state index in [0.29, 0.717) is 6.61 Å². The van der Waals surface area contributed by atoms with Crippen molar-refractivity contribution in [2.45, 2.75) is 25.7 Å². The third-order valence-electron chi connectivity index (χ3n) is 3.05. The van der Waals surface area contributed by atoms with Crippen LogP contribution in [0.3, 0.4) is 0 Å². The van der Waals surface area contributed by atoms with E-state index in [-0.39, 0.29) is 0 Å². The maximum absolute atomic E-state index is 5.69. The zero-order chi connectivity index (χ0) is 13.3. The van der Waals surface area contributed by atoms with Crippen molar-refractivity contribution in [2.24, 2.45) is 10.7 Å². The van der Waals surface area contributed by atoms with Crippen LogP contribution in [0.15, 0.2) is 29.3 Å². The molecule has 0 fully saturated rings. The fourth-order valence-corrected chi connectivity index (χ4v) is 1.99. The summed E-state index contributed by atoms with van der Waals surface area (Å²) in [5, 5.41) is 0. The molecule has 0 atom stereocenters. The van der Waals surface area contributed by atoms with Crippen LogP contribution in [0, 0.1) is 0 Å². The molecule has 0 bridgehead atoms. The molecule has 0 unspecified atom stereocenters. The van der Waals surface area contributed by atoms with Gasteiger partial charge >= 0.3 is 0 Å². The van der Waals surface area contributed by atoms with Crippen LogP contribution in [0.25, 0.3) is 0 Å². The normalized spacial score (nSPS) is 14.1. The van der Waals surface area contributed by atoms with E-state index in [9.17, 15) is 0 Å². The molecule has 2 N–H and O–H groups in total. The van der Waals surface area contributed by atoms with Crippen molar-refractivity contribution < 1.29 is 9.47 Å². The van der Waals surface area contributed by atoms with Crippen molar-refractivity contribution in [3.8, 4) is 5.75 Å². The molecule has 19 heavy (non-hydrogen) atoms. The van der Waals surface area contributed by atoms with Gasteiger partial charge in [0.25, 0.3) is 0 Å². The summed E-state index contributed by atoms with van der Waals surface area (Å²) in [6.45, 7) is 3.00. The Bertz CT molecular complexity index is 401. The predicted octanol–water partition coefficient (Wildman–Crippen LogP) is 2.36. The lowest BCUT2D eigenvalue weighted by molar-refractivity contribution is 0.304. The highest BCUT2D eigenvalue weighted by molar-refractivity contribution is 5.94. The Morgan fingerprint density at radius 1 is 1.11 bits per heavy atom. The van der Waals surface area contributed by atoms with Crippen molar-refractivity contribution in [2.75, 3.05) is 26.3 Å². The van der Waals surface area contributed by atoms with Crippen molar-refractivity contribution in [3.05, 3.63) is 29.8 Å². The minimum Gasteiger partial charge on any atom is -0.494 e. The van der Waals surface area contributed by atoms with E-state index in [2.05, 4.69) is 4.99 Å². The van der Waals surface area contributed by atoms with Gasteiger partial charge in [-0.2, -0.15) is 0 Å². The number of nitrogens with zero attached hydrogens (tertiary/aromatic N) is 1. The maximum atomic E-state index is 5.69. The smallest absolute Gasteiger partial charge is 0.216 e. The molecule has 0 spiro atoms. The number of ether oxygens (including phenoxy) is 2. The van der Waals surface area contributed by atoms with E-state index in [0.717, 1.165) is 49.7 Å². The lowest BCUT2D eigenvalue weighted by Crippen LogP contribution is -2.02. The Kier molecular flexibility index (Phi) is 5.69. The molecule has 0 radical (unpaired) electrons. The van der Waals surface area contributed by atoms with E-state index in [1.165, 1.54) is 12.8 Å². The van der Waals surface area contributed by atoms with Gasteiger partial charge in [0, 0.05) is 5.56 Å². The van der Waals surface area contributed by atoms with Gasteiger partial charge in [-0.25, -0.2) is 4.99 Å². The molecule has 1 aromatic rings. The monoisotopic (exact) mass is 262 g/mol. The predicted molar refractivity (Wildman–Crippen MR) is 76.8 cm³/mol. The number of hydrogen-bond donors (Lipinski definition) is 1. The average molecular weight is 262 g/mol. The Morgan fingerprint density at radius 2 is 1.89 bits per heavy atom. The zero-order valence-corrected chi connectivity index (χ0v) is 11.3. The van der Waals surface area contributed by atoms with Crippen molar-refractivity contribution in [1.82, 2.24) is 0 Å². The molecule has 1 aliphatic rings. The van der Waals surface area contributed by atoms with E-state index in [4.69, 9.17) is 15.2 Å². The molecule has 0 aliphatic carbocycles. The second kappa shape index (κ2) is 7.79. The molecule has 4 heteroatoms. The summed E-state index contributed by atoms with van der Waals surface area (Å²) >= 11 is 0. The van der Waals surface area contributed by atoms with E-state index in [1.54, 1.807) is 0 Å². The summed E-state index contributed by atoms with van der Waals surface area (Å²) in [6.07, 6.45) is 4.56. The van der Waals surface area contributed by atoms with Crippen LogP contribution in [0.4, 0.5) is 0 Å². The lowest BCUT2D eigenvalue weighted by atomic mass is 10.2. The Hall–Kier alpha value is -1.55. The molecule has 0 saturated heterocycles. The first-order valence-electron chi connectivity index (χ1n) is 7.01. The number of rotatable bonds is 8. The van der Waals surface area contributed by atoms with Crippen LogP contribution in [-0.2, 0) is 4.74 Å². The van der Waals surface area contributed by atoms with Crippen LogP contribution in [0.5, 0.6) is 5.75 Å². The Morgan fingerprint density at radius 3 is 2.58 bits per heavy atom. The minimum absolute atomic E-state index is 0.691. The van der Waals surface area contributed by atoms with Crippen LogP contribution in [0.2, 0.25) is 0 Å². The highest BCUT2D eigenvalue weighted by Crippen LogP contribution is 2.15. The Labute approximate surface area is 114 Å². The molecular formula is C15H22N2O2. The molecule has 2 rings (SSSR count). The van der Waals surface area contributed by atoms with Crippen LogP contribution >= 0.6 is 0 Å². The minimum atomic E-state index is 0.691. The number of unbranched alkanes of at least 4 members (excludes halogenated alkanes) is 3. The van der Waals surface area contributed by atoms with Gasteiger partial charge in [0.15, 0.2) is 0 Å². The number of aliphatic imine (C=N–C) groups is 1. The first kappa shape index (κ1) is 13.9. The Balaban J connectivity index is 1.70. The van der Waals surface area contributed by atoms with Crippen molar-refractivity contribution in [1.29, 1.82) is 0 Å². The average Bonchev–Trinajstić information content (AvgIpc) is 2.97. The van der Waals surface area contributed by atoms with Gasteiger partial charge in [-0.1, -0.05) is 12.8 Å². The number of benzene rings is 1. The molecule has 4 nitrogen and oxygen atoms in total. The number of hydrogen-bond acceptors (Lipinski definition) is 4. The van der Waals surface area contributed by atoms with Gasteiger partial charge in [-0.15, -0.1) is 0 Å². The van der Waals surface area contributed by atoms with Gasteiger partial charge in [-0.05, 0) is 43.7 Å². The van der Waals surface area contributed by atoms with E-state index >= 15 is 0 Å². The van der Waals surface area contributed by atoms with Crippen molar-refractivity contribution in [3.63, 3.8) is 0 Å². The van der Waals surface area contributed by atoms with Gasteiger partial charge in [0.1, 0.15) is 12.4 Å². The highest BCUT2D eigenvalue weighted by atomic mass is 16.5. The van der Waals surface area contributed by atoms with Crippen LogP contribution in [0.1, 0.15) is 31.2 Å². The highest BCUT2D eigenvalue weighted by Gasteiger charge is 2.09. The molecule has 0 saturated carbocycles. The third-order valence-corrected chi connectivity index (χ3v) is 3.05. The quantitative estimate of drug-likeness (QED) is 0.732. The molecule has 1 aliphatic heterocycles. The zero-order valence-electron chi connectivity index (χ0n) is 11.3. The molecule has 1 aromatic carbocycles. The number of nitrogens with two attached hydrogens (primary N) is 1. The fourth-order valence-electron chi connectivity index (χ4n) is 1.99. The third kappa shape index (κ3) is 4.56. The molecular weight excluding hydrogens is 240 g/mol. The lowest BCUT2D eigenvalue weighted by Gasteiger charge is -2.07. The van der Waals surface area contributed by atoms with Gasteiger partial charge in [0.05, 0.1) is 13.2 Å². The second-order valence-corrected chi connectivity index (χ2v) is 4.61. The van der Waals surface area contributed by atoms with Crippen molar-refractivity contribution >= 4 is 5.90 Å². The SMILES string of the molecule is NCCCCCCOc1ccc(C2=NCCO2)cc1. The van der Waals surface area contributed by atoms with Gasteiger partial charge < -0.3 is 15.2 Å². The summed E-state index contributed by atoms with van der Waals surface area (Å²) in [7, 11) is 0. The summed E-state index contributed by atoms with van der Waals surface area (Å²) in [4.78, 5) is 4.28. The molecule has 1 heterocycles. The molecule has 0 amide bonds. The van der Waals surface area contributed by atoms with E-state index < -0.39 is 0 Å². The van der Waals surface area contributed by atoms with Gasteiger partial charge in [0.2, 0.25) is 5.90 Å². The summed E-state index contributed by atoms with van der Waals surface area (Å²) in [5.74, 6) is 1.65. The first-order valence-corrected chi connectivity index (χ1v) is 7.01. The fraction of sp³-hybridized carbons (Fsp3) is 0.533. The molecule has 104 valence electrons. The largest absolute Gasteiger partial charge is 0.494 e. The second-order valence-electron chi connectivity index (χ2n) is 4.61. The molecule has 0 aromatic heterocycles. The van der Waals surface area contributed by atoms with Gasteiger partial charge in [-0.3, -0.25) is 0 Å².